The van der Waals surface area contributed by atoms with Gasteiger partial charge in [0.15, 0.2) is 0 Å². The molecule has 2 aliphatic heterocycles. The van der Waals surface area contributed by atoms with Crippen LogP contribution in [0.5, 0.6) is 5.75 Å². The van der Waals surface area contributed by atoms with Crippen molar-refractivity contribution in [1.82, 2.24) is 14.8 Å². The molecule has 34 heavy (non-hydrogen) atoms. The number of fused-ring (bicyclic) bond motifs is 1. The molecule has 3 heterocycles. The number of ether oxygens (including phenoxy) is 1. The Bertz CT molecular complexity index is 1190. The Morgan fingerprint density at radius 1 is 1.03 bits per heavy atom. The highest BCUT2D eigenvalue weighted by molar-refractivity contribution is 6.34. The van der Waals surface area contributed by atoms with E-state index in [0.717, 1.165) is 61.7 Å². The molecular formula is C26H26Cl2N4O2. The largest absolute Gasteiger partial charge is 0.484 e. The third kappa shape index (κ3) is 4.85. The van der Waals surface area contributed by atoms with Gasteiger partial charge in [-0.3, -0.25) is 4.79 Å². The molecule has 1 atom stereocenters. The number of amides is 1. The molecule has 1 saturated heterocycles. The number of rotatable bonds is 4. The first kappa shape index (κ1) is 23.0. The zero-order valence-electron chi connectivity index (χ0n) is 18.9. The van der Waals surface area contributed by atoms with Crippen LogP contribution in [-0.4, -0.2) is 60.5 Å². The van der Waals surface area contributed by atoms with Gasteiger partial charge in [-0.25, -0.2) is 4.98 Å². The number of halogens is 2. The zero-order chi connectivity index (χ0) is 23.7. The molecule has 1 amide bonds. The van der Waals surface area contributed by atoms with E-state index in [1.165, 1.54) is 0 Å². The summed E-state index contributed by atoms with van der Waals surface area (Å²) in [5.74, 6) is 1.45. The van der Waals surface area contributed by atoms with Gasteiger partial charge < -0.3 is 19.9 Å². The van der Waals surface area contributed by atoms with E-state index in [1.807, 2.05) is 35.4 Å². The monoisotopic (exact) mass is 496 g/mol. The number of anilines is 1. The second-order valence-electron chi connectivity index (χ2n) is 8.73. The maximum Gasteiger partial charge on any atom is 0.253 e. The number of nitrogens with zero attached hydrogens (tertiary/aromatic N) is 3. The fraction of sp³-hybridized carbons (Fsp3) is 0.308. The summed E-state index contributed by atoms with van der Waals surface area (Å²) in [6, 6.07) is 15.1. The van der Waals surface area contributed by atoms with Crippen molar-refractivity contribution in [3.63, 3.8) is 0 Å². The minimum atomic E-state index is -0.197. The van der Waals surface area contributed by atoms with Crippen molar-refractivity contribution < 1.29 is 9.53 Å². The summed E-state index contributed by atoms with van der Waals surface area (Å²) in [4.78, 5) is 21.7. The summed E-state index contributed by atoms with van der Waals surface area (Å²) < 4.78 is 6.26. The van der Waals surface area contributed by atoms with Gasteiger partial charge in [0.05, 0.1) is 5.02 Å². The van der Waals surface area contributed by atoms with Crippen LogP contribution < -0.4 is 10.1 Å². The predicted octanol–water partition coefficient (Wildman–Crippen LogP) is 5.38. The Hall–Kier alpha value is -2.80. The summed E-state index contributed by atoms with van der Waals surface area (Å²) in [6.45, 7) is 4.09. The van der Waals surface area contributed by atoms with E-state index in [2.05, 4.69) is 28.3 Å². The van der Waals surface area contributed by atoms with E-state index in [4.69, 9.17) is 27.9 Å². The number of aromatic nitrogens is 1. The van der Waals surface area contributed by atoms with E-state index in [0.29, 0.717) is 21.4 Å². The third-order valence-corrected chi connectivity index (χ3v) is 6.93. The van der Waals surface area contributed by atoms with E-state index < -0.39 is 0 Å². The smallest absolute Gasteiger partial charge is 0.253 e. The van der Waals surface area contributed by atoms with E-state index in [9.17, 15) is 4.79 Å². The fourth-order valence-electron chi connectivity index (χ4n) is 4.35. The molecule has 0 spiro atoms. The first-order valence-electron chi connectivity index (χ1n) is 11.4. The van der Waals surface area contributed by atoms with E-state index >= 15 is 0 Å². The molecule has 0 saturated carbocycles. The van der Waals surface area contributed by atoms with Crippen molar-refractivity contribution in [3.8, 4) is 16.9 Å². The van der Waals surface area contributed by atoms with Gasteiger partial charge in [0.25, 0.3) is 5.91 Å². The number of hydrogen-bond donors (Lipinski definition) is 1. The average molecular weight is 497 g/mol. The van der Waals surface area contributed by atoms with Gasteiger partial charge >= 0.3 is 0 Å². The van der Waals surface area contributed by atoms with Crippen molar-refractivity contribution >= 4 is 34.9 Å². The Morgan fingerprint density at radius 3 is 2.56 bits per heavy atom. The molecule has 1 fully saturated rings. The molecule has 5 rings (SSSR count). The van der Waals surface area contributed by atoms with Crippen molar-refractivity contribution in [2.75, 3.05) is 45.1 Å². The van der Waals surface area contributed by atoms with Crippen LogP contribution in [0.3, 0.4) is 0 Å². The Morgan fingerprint density at radius 2 is 1.79 bits per heavy atom. The fourth-order valence-corrected chi connectivity index (χ4v) is 4.67. The molecule has 0 bridgehead atoms. The predicted molar refractivity (Wildman–Crippen MR) is 136 cm³/mol. The molecule has 1 unspecified atom stereocenters. The molecule has 0 radical (unpaired) electrons. The van der Waals surface area contributed by atoms with Crippen LogP contribution in [0.25, 0.3) is 11.1 Å². The summed E-state index contributed by atoms with van der Waals surface area (Å²) in [5, 5.41) is 4.44. The minimum Gasteiger partial charge on any atom is -0.484 e. The topological polar surface area (TPSA) is 57.7 Å². The van der Waals surface area contributed by atoms with Crippen LogP contribution in [0.1, 0.15) is 28.4 Å². The van der Waals surface area contributed by atoms with Gasteiger partial charge in [-0.05, 0) is 42.9 Å². The molecular weight excluding hydrogens is 471 g/mol. The highest BCUT2D eigenvalue weighted by Gasteiger charge is 2.25. The Kier molecular flexibility index (Phi) is 6.63. The van der Waals surface area contributed by atoms with Crippen molar-refractivity contribution in [1.29, 1.82) is 0 Å². The number of nitrogens with one attached hydrogen (secondary N) is 1. The highest BCUT2D eigenvalue weighted by atomic mass is 35.5. The highest BCUT2D eigenvalue weighted by Crippen LogP contribution is 2.38. The molecule has 8 heteroatoms. The molecule has 6 nitrogen and oxygen atoms in total. The first-order chi connectivity index (χ1) is 16.5. The SMILES string of the molecule is CN1CCN(C(=O)c2ccc(-c3cnc4c(c3)C(Oc3cc(Cl)ccc3Cl)CCN4)cc2)CC1. The van der Waals surface area contributed by atoms with Crippen LogP contribution in [-0.2, 0) is 0 Å². The third-order valence-electron chi connectivity index (χ3n) is 6.38. The summed E-state index contributed by atoms with van der Waals surface area (Å²) in [6.07, 6.45) is 2.43. The number of benzene rings is 2. The molecule has 2 aromatic carbocycles. The van der Waals surface area contributed by atoms with Crippen LogP contribution in [0.15, 0.2) is 54.7 Å². The van der Waals surface area contributed by atoms with Crippen molar-refractivity contribution in [2.24, 2.45) is 0 Å². The molecule has 1 aromatic heterocycles. The summed E-state index contributed by atoms with van der Waals surface area (Å²) >= 11 is 12.5. The number of carbonyl (C=O) groups excluding carboxylic acids is 1. The number of carbonyl (C=O) groups is 1. The normalized spacial score (nSPS) is 18.2. The van der Waals surface area contributed by atoms with E-state index in [-0.39, 0.29) is 12.0 Å². The second kappa shape index (κ2) is 9.82. The van der Waals surface area contributed by atoms with Crippen LogP contribution in [0, 0.1) is 0 Å². The maximum atomic E-state index is 12.9. The van der Waals surface area contributed by atoms with Gasteiger partial charge in [-0.1, -0.05) is 35.3 Å². The van der Waals surface area contributed by atoms with Gasteiger partial charge in [0, 0.05) is 73.1 Å². The van der Waals surface area contributed by atoms with Gasteiger partial charge in [-0.15, -0.1) is 0 Å². The lowest BCUT2D eigenvalue weighted by molar-refractivity contribution is 0.0664. The lowest BCUT2D eigenvalue weighted by Crippen LogP contribution is -2.47. The number of pyridine rings is 1. The van der Waals surface area contributed by atoms with Crippen molar-refractivity contribution in [3.05, 3.63) is 75.9 Å². The van der Waals surface area contributed by atoms with Gasteiger partial charge in [0.1, 0.15) is 17.7 Å². The standard InChI is InChI=1S/C26H26Cl2N4O2/c1-31-10-12-32(13-11-31)26(33)18-4-2-17(3-5-18)19-14-21-23(8-9-29-25(21)30-16-19)34-24-15-20(27)6-7-22(24)28/h2-7,14-16,23H,8-13H2,1H3,(H,29,30). The number of piperazine rings is 1. The van der Waals surface area contributed by atoms with Crippen LogP contribution in [0.2, 0.25) is 10.0 Å². The Labute approximate surface area is 209 Å². The zero-order valence-corrected chi connectivity index (χ0v) is 20.4. The van der Waals surface area contributed by atoms with E-state index in [1.54, 1.807) is 18.2 Å². The molecule has 0 aliphatic carbocycles. The maximum absolute atomic E-state index is 12.9. The Balaban J connectivity index is 1.36. The quantitative estimate of drug-likeness (QED) is 0.525. The first-order valence-corrected chi connectivity index (χ1v) is 12.2. The number of hydrogen-bond acceptors (Lipinski definition) is 5. The lowest BCUT2D eigenvalue weighted by atomic mass is 9.98. The van der Waals surface area contributed by atoms with Gasteiger partial charge in [0.2, 0.25) is 0 Å². The summed E-state index contributed by atoms with van der Waals surface area (Å²) in [7, 11) is 2.08. The van der Waals surface area contributed by atoms with Crippen LogP contribution >= 0.6 is 23.2 Å². The second-order valence-corrected chi connectivity index (χ2v) is 9.57. The van der Waals surface area contributed by atoms with Crippen LogP contribution in [0.4, 0.5) is 5.82 Å². The number of likely N-dealkylation sites (N-methyl/N-ethyl adjacent to an activating group) is 1. The minimum absolute atomic E-state index is 0.0827. The molecule has 3 aromatic rings. The molecule has 176 valence electrons. The average Bonchev–Trinajstić information content (AvgIpc) is 2.86. The molecule has 1 N–H and O–H groups in total. The van der Waals surface area contributed by atoms with Crippen molar-refractivity contribution in [2.45, 2.75) is 12.5 Å². The molecule has 2 aliphatic rings. The summed E-state index contributed by atoms with van der Waals surface area (Å²) in [5.41, 5.74) is 3.64. The lowest BCUT2D eigenvalue weighted by Gasteiger charge is -2.32. The van der Waals surface area contributed by atoms with Gasteiger partial charge in [-0.2, -0.15) is 0 Å².